The first-order valence-corrected chi connectivity index (χ1v) is 21.6. The maximum atomic E-state index is 4.96. The second-order valence-electron chi connectivity index (χ2n) is 17.7. The van der Waals surface area contributed by atoms with Gasteiger partial charge in [0, 0.05) is 49.6 Å². The molecule has 0 amide bonds. The fourth-order valence-electron chi connectivity index (χ4n) is 8.49. The quantitative estimate of drug-likeness (QED) is 0.122. The molecule has 4 heterocycles. The van der Waals surface area contributed by atoms with Gasteiger partial charge in [-0.15, -0.1) is 57.7 Å². The number of nitrogens with zero attached hydrogens (tertiary/aromatic N) is 5. The van der Waals surface area contributed by atoms with Crippen LogP contribution < -0.4 is 14.7 Å². The zero-order chi connectivity index (χ0) is 41.9. The smallest absolute Gasteiger partial charge is 0.135 e. The molecule has 7 heteroatoms. The molecule has 8 aromatic rings. The van der Waals surface area contributed by atoms with E-state index in [0.29, 0.717) is 0 Å². The topological polar surface area (TPSA) is 35.5 Å². The van der Waals surface area contributed by atoms with E-state index < -0.39 is 0 Å². The maximum Gasteiger partial charge on any atom is 0.135 e. The Morgan fingerprint density at radius 1 is 0.532 bits per heavy atom. The summed E-state index contributed by atoms with van der Waals surface area (Å²) in [5.74, 6) is 1.71. The monoisotopic (exact) mass is 914 g/mol. The zero-order valence-electron chi connectivity index (χ0n) is 35.6. The minimum Gasteiger partial charge on any atom is -0.478 e. The molecule has 5 nitrogen and oxygen atoms in total. The number of fused-ring (bicyclic) bond motifs is 6. The van der Waals surface area contributed by atoms with Gasteiger partial charge in [0.1, 0.15) is 11.6 Å². The Hall–Kier alpha value is -5.97. The molecular formula is C55H46N5PdS-3. The van der Waals surface area contributed by atoms with Crippen molar-refractivity contribution in [3.8, 4) is 33.4 Å². The van der Waals surface area contributed by atoms with Crippen LogP contribution >= 0.6 is 11.8 Å². The van der Waals surface area contributed by atoms with Gasteiger partial charge in [-0.1, -0.05) is 144 Å². The molecule has 0 saturated heterocycles. The third kappa shape index (κ3) is 7.53. The van der Waals surface area contributed by atoms with E-state index in [1.54, 1.807) is 11.8 Å². The Bertz CT molecular complexity index is 2920. The molecule has 0 fully saturated rings. The normalized spacial score (nSPS) is 13.1. The third-order valence-corrected chi connectivity index (χ3v) is 12.4. The summed E-state index contributed by atoms with van der Waals surface area (Å²) in [6.07, 6.45) is 3.74. The molecule has 10 rings (SSSR count). The van der Waals surface area contributed by atoms with E-state index in [0.717, 1.165) is 55.4 Å². The fourth-order valence-corrected chi connectivity index (χ4v) is 9.31. The van der Waals surface area contributed by atoms with Crippen LogP contribution in [0.3, 0.4) is 0 Å². The molecule has 0 radical (unpaired) electrons. The number of para-hydroxylation sites is 1. The number of anilines is 7. The molecule has 0 spiro atoms. The summed E-state index contributed by atoms with van der Waals surface area (Å²) < 4.78 is 0. The van der Waals surface area contributed by atoms with Crippen molar-refractivity contribution in [3.05, 3.63) is 194 Å². The van der Waals surface area contributed by atoms with Crippen LogP contribution in [0.1, 0.15) is 52.7 Å². The van der Waals surface area contributed by atoms with Crippen molar-refractivity contribution in [1.29, 1.82) is 0 Å². The van der Waals surface area contributed by atoms with Gasteiger partial charge in [-0.2, -0.15) is 24.3 Å². The maximum absolute atomic E-state index is 4.96. The summed E-state index contributed by atoms with van der Waals surface area (Å²) in [6.45, 7) is 15.8. The van der Waals surface area contributed by atoms with E-state index in [2.05, 4.69) is 215 Å². The number of aromatic nitrogens is 2. The second kappa shape index (κ2) is 16.4. The van der Waals surface area contributed by atoms with E-state index in [9.17, 15) is 0 Å². The predicted octanol–water partition coefficient (Wildman–Crippen LogP) is 15.0. The fraction of sp³-hybridized carbons (Fsp3) is 0.145. The molecule has 62 heavy (non-hydrogen) atoms. The van der Waals surface area contributed by atoms with Gasteiger partial charge in [-0.05, 0) is 63.4 Å². The van der Waals surface area contributed by atoms with Gasteiger partial charge in [0.05, 0.1) is 11.4 Å². The Kier molecular flexibility index (Phi) is 10.9. The van der Waals surface area contributed by atoms with Crippen LogP contribution in [0.4, 0.5) is 40.1 Å². The van der Waals surface area contributed by atoms with Gasteiger partial charge in [-0.3, -0.25) is 0 Å². The first kappa shape index (κ1) is 41.4. The van der Waals surface area contributed by atoms with Crippen molar-refractivity contribution in [1.82, 2.24) is 9.97 Å². The van der Waals surface area contributed by atoms with Gasteiger partial charge in [-0.25, -0.2) is 9.97 Å². The number of pyridine rings is 2. The number of hydrogen-bond donors (Lipinski definition) is 0. The SMILES string of the molecule is CC(C)(C)c1ccc2c(c1)N(c1ccccn1)c1[c-]c(Sc3[c-]c(N4[CH-]N(c5c(-c6ccccc6)cccc5C(C)(C)C)c5cccnc54)ccc3)ccc1-c1ccccc1-2.[Pd]. The standard InChI is InChI=1S/C55H46N5S.Pd/c1-54(2,3)38-27-29-45-43-21-10-11-22-44(43)46-30-28-41(35-50(46)60(49(45)33-38)51-26-12-13-31-56-51)61-40-20-14-19-39(34-40)58-36-59(48-25-16-32-57-53(48)58)52-42(37-17-8-7-9-18-37)23-15-24-47(52)55(4,5)6;/h7-33,36H,1-6H3;/q-3;. The molecule has 0 atom stereocenters. The average Bonchev–Trinajstić information content (AvgIpc) is 3.61. The molecule has 2 aliphatic heterocycles. The second-order valence-corrected chi connectivity index (χ2v) is 18.7. The minimum atomic E-state index is -0.109. The van der Waals surface area contributed by atoms with Gasteiger partial charge < -0.3 is 14.7 Å². The van der Waals surface area contributed by atoms with E-state index in [-0.39, 0.29) is 31.3 Å². The van der Waals surface area contributed by atoms with Gasteiger partial charge in [0.15, 0.2) is 0 Å². The number of rotatable bonds is 6. The van der Waals surface area contributed by atoms with Crippen LogP contribution in [0, 0.1) is 18.8 Å². The Morgan fingerprint density at radius 3 is 1.98 bits per heavy atom. The summed E-state index contributed by atoms with van der Waals surface area (Å²) >= 11 is 1.66. The Balaban J connectivity index is 0.00000490. The van der Waals surface area contributed by atoms with Crippen LogP contribution in [-0.4, -0.2) is 9.97 Å². The average molecular weight is 915 g/mol. The van der Waals surface area contributed by atoms with Crippen molar-refractivity contribution in [2.24, 2.45) is 0 Å². The van der Waals surface area contributed by atoms with Crippen molar-refractivity contribution in [3.63, 3.8) is 0 Å². The molecule has 0 aliphatic carbocycles. The molecule has 6 aromatic carbocycles. The summed E-state index contributed by atoms with van der Waals surface area (Å²) in [7, 11) is 0. The molecule has 2 aliphatic rings. The van der Waals surface area contributed by atoms with Crippen LogP contribution in [0.25, 0.3) is 33.4 Å². The summed E-state index contributed by atoms with van der Waals surface area (Å²) in [4.78, 5) is 18.6. The third-order valence-electron chi connectivity index (χ3n) is 11.5. The van der Waals surface area contributed by atoms with Crippen LogP contribution in [0.15, 0.2) is 174 Å². The van der Waals surface area contributed by atoms with E-state index in [4.69, 9.17) is 9.97 Å². The largest absolute Gasteiger partial charge is 0.478 e. The molecule has 310 valence electrons. The Labute approximate surface area is 384 Å². The molecule has 0 saturated carbocycles. The minimum absolute atomic E-state index is 0. The molecule has 0 N–H and O–H groups in total. The molecule has 0 unspecified atom stereocenters. The first-order chi connectivity index (χ1) is 29.5. The van der Waals surface area contributed by atoms with E-state index in [1.807, 2.05) is 24.5 Å². The van der Waals surface area contributed by atoms with Crippen molar-refractivity contribution in [2.75, 3.05) is 14.7 Å². The summed E-state index contributed by atoms with van der Waals surface area (Å²) in [6, 6.07) is 61.6. The van der Waals surface area contributed by atoms with Gasteiger partial charge in [0.25, 0.3) is 0 Å². The van der Waals surface area contributed by atoms with Gasteiger partial charge >= 0.3 is 0 Å². The predicted molar refractivity (Wildman–Crippen MR) is 254 cm³/mol. The van der Waals surface area contributed by atoms with Crippen molar-refractivity contribution in [2.45, 2.75) is 62.2 Å². The van der Waals surface area contributed by atoms with E-state index >= 15 is 0 Å². The Morgan fingerprint density at radius 2 is 1.23 bits per heavy atom. The molecular weight excluding hydrogens is 869 g/mol. The first-order valence-electron chi connectivity index (χ1n) is 20.8. The van der Waals surface area contributed by atoms with E-state index in [1.165, 1.54) is 38.9 Å². The summed E-state index contributed by atoms with van der Waals surface area (Å²) in [5, 5.41) is 0. The summed E-state index contributed by atoms with van der Waals surface area (Å²) in [5.41, 5.74) is 14.5. The van der Waals surface area contributed by atoms with Crippen LogP contribution in [-0.2, 0) is 31.3 Å². The van der Waals surface area contributed by atoms with Crippen LogP contribution in [0.5, 0.6) is 0 Å². The van der Waals surface area contributed by atoms with Gasteiger partial charge in [0.2, 0.25) is 0 Å². The molecule has 2 aromatic heterocycles. The van der Waals surface area contributed by atoms with Crippen LogP contribution in [0.2, 0.25) is 0 Å². The zero-order valence-corrected chi connectivity index (χ0v) is 38.0. The number of hydrogen-bond acceptors (Lipinski definition) is 6. The van der Waals surface area contributed by atoms with Crippen molar-refractivity contribution >= 4 is 51.8 Å². The molecule has 0 bridgehead atoms. The van der Waals surface area contributed by atoms with Crippen molar-refractivity contribution < 1.29 is 20.4 Å². The number of benzene rings is 6.